The Morgan fingerprint density at radius 2 is 2.05 bits per heavy atom. The SMILES string of the molecule is Cc1ccc(Nc2ncc(C(=O)O)cc2[N+](=O)[O-])c(C)c1. The molecule has 108 valence electrons. The molecule has 2 aromatic rings. The van der Waals surface area contributed by atoms with Crippen LogP contribution >= 0.6 is 0 Å². The maximum atomic E-state index is 11.1. The van der Waals surface area contributed by atoms with Crippen molar-refractivity contribution in [3.8, 4) is 0 Å². The van der Waals surface area contributed by atoms with Gasteiger partial charge >= 0.3 is 11.7 Å². The minimum atomic E-state index is -1.26. The van der Waals surface area contributed by atoms with E-state index in [1.54, 1.807) is 6.07 Å². The number of hydrogen-bond donors (Lipinski definition) is 2. The summed E-state index contributed by atoms with van der Waals surface area (Å²) in [5.41, 5.74) is 2.05. The molecule has 0 radical (unpaired) electrons. The predicted octanol–water partition coefficient (Wildman–Crippen LogP) is 3.05. The lowest BCUT2D eigenvalue weighted by Gasteiger charge is -2.10. The fourth-order valence-corrected chi connectivity index (χ4v) is 1.89. The first-order valence-corrected chi connectivity index (χ1v) is 6.10. The van der Waals surface area contributed by atoms with Gasteiger partial charge in [-0.1, -0.05) is 17.7 Å². The van der Waals surface area contributed by atoms with Crippen molar-refractivity contribution in [2.24, 2.45) is 0 Å². The zero-order chi connectivity index (χ0) is 15.6. The van der Waals surface area contributed by atoms with Crippen LogP contribution in [0.2, 0.25) is 0 Å². The van der Waals surface area contributed by atoms with Crippen molar-refractivity contribution in [2.75, 3.05) is 5.32 Å². The van der Waals surface area contributed by atoms with Gasteiger partial charge in [-0.25, -0.2) is 9.78 Å². The molecule has 0 unspecified atom stereocenters. The van der Waals surface area contributed by atoms with E-state index in [9.17, 15) is 14.9 Å². The normalized spacial score (nSPS) is 10.2. The lowest BCUT2D eigenvalue weighted by molar-refractivity contribution is -0.384. The van der Waals surface area contributed by atoms with Gasteiger partial charge in [0.25, 0.3) is 0 Å². The van der Waals surface area contributed by atoms with Crippen molar-refractivity contribution in [1.29, 1.82) is 0 Å². The Kier molecular flexibility index (Phi) is 3.84. The van der Waals surface area contributed by atoms with Crippen molar-refractivity contribution < 1.29 is 14.8 Å². The summed E-state index contributed by atoms with van der Waals surface area (Å²) in [5, 5.41) is 22.8. The first kappa shape index (κ1) is 14.4. The molecule has 1 aromatic heterocycles. The van der Waals surface area contributed by atoms with E-state index in [1.165, 1.54) is 0 Å². The molecular formula is C14H13N3O4. The fourth-order valence-electron chi connectivity index (χ4n) is 1.89. The summed E-state index contributed by atoms with van der Waals surface area (Å²) in [6, 6.07) is 6.58. The number of pyridine rings is 1. The number of aromatic carboxylic acids is 1. The van der Waals surface area contributed by atoms with Gasteiger partial charge in [-0.2, -0.15) is 0 Å². The predicted molar refractivity (Wildman–Crippen MR) is 77.0 cm³/mol. The summed E-state index contributed by atoms with van der Waals surface area (Å²) in [6.45, 7) is 3.81. The summed E-state index contributed by atoms with van der Waals surface area (Å²) in [4.78, 5) is 25.1. The van der Waals surface area contributed by atoms with Gasteiger partial charge in [0.05, 0.1) is 10.5 Å². The quantitative estimate of drug-likeness (QED) is 0.661. The Labute approximate surface area is 120 Å². The van der Waals surface area contributed by atoms with E-state index in [0.717, 1.165) is 23.4 Å². The molecule has 0 amide bonds. The van der Waals surface area contributed by atoms with Crippen LogP contribution in [0.4, 0.5) is 17.2 Å². The molecule has 0 saturated carbocycles. The average Bonchev–Trinajstić information content (AvgIpc) is 2.41. The van der Waals surface area contributed by atoms with E-state index in [4.69, 9.17) is 5.11 Å². The molecule has 0 saturated heterocycles. The number of aryl methyl sites for hydroxylation is 2. The smallest absolute Gasteiger partial charge is 0.337 e. The molecule has 0 spiro atoms. The third-order valence-electron chi connectivity index (χ3n) is 2.95. The number of nitrogens with one attached hydrogen (secondary N) is 1. The molecule has 7 heteroatoms. The first-order valence-electron chi connectivity index (χ1n) is 6.10. The number of carboxylic acids is 1. The van der Waals surface area contributed by atoms with Crippen LogP contribution in [0.3, 0.4) is 0 Å². The molecule has 0 aliphatic rings. The van der Waals surface area contributed by atoms with E-state index >= 15 is 0 Å². The Morgan fingerprint density at radius 1 is 1.33 bits per heavy atom. The zero-order valence-electron chi connectivity index (χ0n) is 11.5. The third kappa shape index (κ3) is 3.14. The van der Waals surface area contributed by atoms with Crippen LogP contribution in [0.5, 0.6) is 0 Å². The van der Waals surface area contributed by atoms with Crippen molar-refractivity contribution in [1.82, 2.24) is 4.98 Å². The summed E-state index contributed by atoms with van der Waals surface area (Å²) < 4.78 is 0. The molecular weight excluding hydrogens is 274 g/mol. The van der Waals surface area contributed by atoms with Crippen molar-refractivity contribution in [3.63, 3.8) is 0 Å². The van der Waals surface area contributed by atoms with Crippen LogP contribution in [-0.2, 0) is 0 Å². The highest BCUT2D eigenvalue weighted by atomic mass is 16.6. The molecule has 2 rings (SSSR count). The number of aromatic nitrogens is 1. The van der Waals surface area contributed by atoms with E-state index in [0.29, 0.717) is 5.69 Å². The van der Waals surface area contributed by atoms with Crippen LogP contribution in [0.25, 0.3) is 0 Å². The van der Waals surface area contributed by atoms with Gasteiger partial charge in [-0.05, 0) is 25.5 Å². The average molecular weight is 287 g/mol. The van der Waals surface area contributed by atoms with Gasteiger partial charge in [0.15, 0.2) is 0 Å². The second-order valence-electron chi connectivity index (χ2n) is 4.60. The molecule has 21 heavy (non-hydrogen) atoms. The minimum Gasteiger partial charge on any atom is -0.478 e. The second-order valence-corrected chi connectivity index (χ2v) is 4.60. The van der Waals surface area contributed by atoms with Gasteiger partial charge in [0.2, 0.25) is 5.82 Å². The summed E-state index contributed by atoms with van der Waals surface area (Å²) in [5.74, 6) is -1.25. The zero-order valence-corrected chi connectivity index (χ0v) is 11.5. The fraction of sp³-hybridized carbons (Fsp3) is 0.143. The molecule has 0 atom stereocenters. The number of rotatable bonds is 4. The Morgan fingerprint density at radius 3 is 2.62 bits per heavy atom. The molecule has 0 aliphatic carbocycles. The van der Waals surface area contributed by atoms with Gasteiger partial charge in [-0.15, -0.1) is 0 Å². The van der Waals surface area contributed by atoms with E-state index < -0.39 is 10.9 Å². The van der Waals surface area contributed by atoms with Crippen LogP contribution in [-0.4, -0.2) is 21.0 Å². The molecule has 0 aliphatic heterocycles. The molecule has 1 heterocycles. The maximum Gasteiger partial charge on any atom is 0.337 e. The van der Waals surface area contributed by atoms with E-state index in [1.807, 2.05) is 26.0 Å². The molecule has 7 nitrogen and oxygen atoms in total. The van der Waals surface area contributed by atoms with Crippen LogP contribution in [0, 0.1) is 24.0 Å². The third-order valence-corrected chi connectivity index (χ3v) is 2.95. The second kappa shape index (κ2) is 5.58. The Hall–Kier alpha value is -2.96. The number of nitro groups is 1. The monoisotopic (exact) mass is 287 g/mol. The lowest BCUT2D eigenvalue weighted by atomic mass is 10.1. The van der Waals surface area contributed by atoms with Crippen LogP contribution in [0.1, 0.15) is 21.5 Å². The topological polar surface area (TPSA) is 105 Å². The van der Waals surface area contributed by atoms with Crippen molar-refractivity contribution >= 4 is 23.2 Å². The number of carboxylic acid groups (broad SMARTS) is 1. The molecule has 2 N–H and O–H groups in total. The van der Waals surface area contributed by atoms with Crippen LogP contribution in [0.15, 0.2) is 30.5 Å². The number of benzene rings is 1. The first-order chi connectivity index (χ1) is 9.88. The highest BCUT2D eigenvalue weighted by molar-refractivity contribution is 5.89. The standard InChI is InChI=1S/C14H13N3O4/c1-8-3-4-11(9(2)5-8)16-13-12(17(20)21)6-10(7-15-13)14(18)19/h3-7H,1-2H3,(H,15,16)(H,18,19). The van der Waals surface area contributed by atoms with E-state index in [-0.39, 0.29) is 17.1 Å². The Balaban J connectivity index is 2.44. The van der Waals surface area contributed by atoms with Gasteiger partial charge in [0.1, 0.15) is 0 Å². The molecule has 0 fully saturated rings. The molecule has 1 aromatic carbocycles. The number of anilines is 2. The Bertz CT molecular complexity index is 728. The van der Waals surface area contributed by atoms with E-state index in [2.05, 4.69) is 10.3 Å². The lowest BCUT2D eigenvalue weighted by Crippen LogP contribution is -2.04. The largest absolute Gasteiger partial charge is 0.478 e. The number of carbonyl (C=O) groups is 1. The van der Waals surface area contributed by atoms with Gasteiger partial charge < -0.3 is 10.4 Å². The van der Waals surface area contributed by atoms with Crippen LogP contribution < -0.4 is 5.32 Å². The summed E-state index contributed by atoms with van der Waals surface area (Å²) in [7, 11) is 0. The summed E-state index contributed by atoms with van der Waals surface area (Å²) >= 11 is 0. The van der Waals surface area contributed by atoms with Gasteiger partial charge in [0, 0.05) is 18.0 Å². The highest BCUT2D eigenvalue weighted by Gasteiger charge is 2.19. The minimum absolute atomic E-state index is 0.0111. The van der Waals surface area contributed by atoms with Crippen molar-refractivity contribution in [3.05, 3.63) is 57.3 Å². The highest BCUT2D eigenvalue weighted by Crippen LogP contribution is 2.28. The maximum absolute atomic E-state index is 11.1. The summed E-state index contributed by atoms with van der Waals surface area (Å²) in [6.07, 6.45) is 1.08. The number of nitrogens with zero attached hydrogens (tertiary/aromatic N) is 2. The van der Waals surface area contributed by atoms with Crippen molar-refractivity contribution in [2.45, 2.75) is 13.8 Å². The van der Waals surface area contributed by atoms with Gasteiger partial charge in [-0.3, -0.25) is 10.1 Å². The number of hydrogen-bond acceptors (Lipinski definition) is 5. The molecule has 0 bridgehead atoms.